The zero-order valence-electron chi connectivity index (χ0n) is 19.3. The van der Waals surface area contributed by atoms with Gasteiger partial charge in [-0.05, 0) is 51.0 Å². The number of aryl methyl sites for hydroxylation is 1. The molecule has 0 radical (unpaired) electrons. The summed E-state index contributed by atoms with van der Waals surface area (Å²) in [7, 11) is 0. The first-order valence-corrected chi connectivity index (χ1v) is 10.8. The Kier molecular flexibility index (Phi) is 7.65. The van der Waals surface area contributed by atoms with Crippen LogP contribution in [0, 0.1) is 13.8 Å². The largest absolute Gasteiger partial charge is 0.454 e. The molecule has 1 aliphatic heterocycles. The summed E-state index contributed by atoms with van der Waals surface area (Å²) >= 11 is 0. The Balaban J connectivity index is 1.70. The van der Waals surface area contributed by atoms with Crippen LogP contribution in [-0.4, -0.2) is 47.5 Å². The predicted octanol–water partition coefficient (Wildman–Crippen LogP) is 3.24. The van der Waals surface area contributed by atoms with E-state index >= 15 is 0 Å². The van der Waals surface area contributed by atoms with E-state index < -0.39 is 12.6 Å². The number of benzene rings is 1. The van der Waals surface area contributed by atoms with Gasteiger partial charge in [-0.25, -0.2) is 4.79 Å². The number of rotatable bonds is 8. The Morgan fingerprint density at radius 1 is 1.03 bits per heavy atom. The second-order valence-electron chi connectivity index (χ2n) is 8.19. The van der Waals surface area contributed by atoms with E-state index in [4.69, 9.17) is 9.47 Å². The Morgan fingerprint density at radius 2 is 1.67 bits per heavy atom. The van der Waals surface area contributed by atoms with Crippen molar-refractivity contribution in [3.05, 3.63) is 46.8 Å². The highest BCUT2D eigenvalue weighted by molar-refractivity contribution is 6.01. The number of carbonyl (C=O) groups is 4. The van der Waals surface area contributed by atoms with Crippen molar-refractivity contribution in [3.63, 3.8) is 0 Å². The molecule has 1 aromatic heterocycles. The van der Waals surface area contributed by atoms with Gasteiger partial charge in [-0.15, -0.1) is 0 Å². The van der Waals surface area contributed by atoms with E-state index in [0.29, 0.717) is 23.5 Å². The van der Waals surface area contributed by atoms with Crippen LogP contribution in [0.4, 0.5) is 11.4 Å². The number of aromatic nitrogens is 1. The third-order valence-electron chi connectivity index (χ3n) is 5.43. The van der Waals surface area contributed by atoms with Crippen molar-refractivity contribution in [2.24, 2.45) is 0 Å². The quantitative estimate of drug-likeness (QED) is 0.466. The Morgan fingerprint density at radius 3 is 2.21 bits per heavy atom. The van der Waals surface area contributed by atoms with Gasteiger partial charge in [-0.1, -0.05) is 0 Å². The van der Waals surface area contributed by atoms with Crippen LogP contribution in [0.15, 0.2) is 24.3 Å². The normalized spacial score (nSPS) is 15.2. The first-order valence-electron chi connectivity index (χ1n) is 10.8. The Bertz CT molecular complexity index is 1050. The number of nitrogens with one attached hydrogen (secondary N) is 2. The minimum atomic E-state index is -0.740. The van der Waals surface area contributed by atoms with Gasteiger partial charge < -0.3 is 24.7 Å². The van der Waals surface area contributed by atoms with Crippen molar-refractivity contribution in [3.8, 4) is 0 Å². The minimum absolute atomic E-state index is 0.0988. The van der Waals surface area contributed by atoms with Crippen molar-refractivity contribution in [1.29, 1.82) is 0 Å². The molecule has 2 aromatic rings. The summed E-state index contributed by atoms with van der Waals surface area (Å²) in [5, 5.41) is 5.14. The third kappa shape index (κ3) is 6.29. The van der Waals surface area contributed by atoms with Crippen LogP contribution >= 0.6 is 0 Å². The van der Waals surface area contributed by atoms with Crippen LogP contribution in [0.1, 0.15) is 58.8 Å². The molecule has 0 spiro atoms. The van der Waals surface area contributed by atoms with Crippen molar-refractivity contribution in [2.75, 3.05) is 23.8 Å². The monoisotopic (exact) mass is 455 g/mol. The number of esters is 1. The second kappa shape index (κ2) is 10.4. The van der Waals surface area contributed by atoms with Gasteiger partial charge in [0.15, 0.2) is 6.61 Å². The van der Waals surface area contributed by atoms with Crippen LogP contribution in [0.5, 0.6) is 0 Å². The summed E-state index contributed by atoms with van der Waals surface area (Å²) in [6, 6.07) is 6.17. The average molecular weight is 456 g/mol. The molecule has 1 unspecified atom stereocenters. The molecule has 9 heteroatoms. The Labute approximate surface area is 192 Å². The fourth-order valence-corrected chi connectivity index (χ4v) is 3.94. The van der Waals surface area contributed by atoms with E-state index in [2.05, 4.69) is 15.2 Å². The molecule has 2 amide bonds. The molecular formula is C24H29N3O6. The maximum Gasteiger partial charge on any atom is 0.338 e. The number of nitrogens with zero attached hydrogens (tertiary/aromatic N) is 1. The molecule has 176 valence electrons. The van der Waals surface area contributed by atoms with Crippen molar-refractivity contribution in [1.82, 2.24) is 4.57 Å². The SMILES string of the molecule is CC(=O)Nc1cc(NC(C)=O)cc(C(=O)OCC(=O)c2cc(C)n(CC3CCCO3)c2C)c1. The highest BCUT2D eigenvalue weighted by Crippen LogP contribution is 2.22. The molecule has 1 saturated heterocycles. The van der Waals surface area contributed by atoms with Gasteiger partial charge in [-0.2, -0.15) is 0 Å². The summed E-state index contributed by atoms with van der Waals surface area (Å²) in [5.74, 6) is -1.71. The summed E-state index contributed by atoms with van der Waals surface area (Å²) in [6.45, 7) is 7.48. The number of hydrogen-bond acceptors (Lipinski definition) is 6. The van der Waals surface area contributed by atoms with Gasteiger partial charge in [0, 0.05) is 55.3 Å². The second-order valence-corrected chi connectivity index (χ2v) is 8.19. The van der Waals surface area contributed by atoms with Gasteiger partial charge in [0.25, 0.3) is 0 Å². The zero-order chi connectivity index (χ0) is 24.1. The van der Waals surface area contributed by atoms with E-state index in [-0.39, 0.29) is 29.3 Å². The molecule has 1 aromatic carbocycles. The fourth-order valence-electron chi connectivity index (χ4n) is 3.94. The van der Waals surface area contributed by atoms with E-state index in [1.54, 1.807) is 6.07 Å². The highest BCUT2D eigenvalue weighted by atomic mass is 16.5. The maximum absolute atomic E-state index is 12.8. The van der Waals surface area contributed by atoms with E-state index in [1.165, 1.54) is 32.0 Å². The molecule has 2 heterocycles. The van der Waals surface area contributed by atoms with Crippen molar-refractivity contribution >= 4 is 34.9 Å². The number of hydrogen-bond donors (Lipinski definition) is 2. The molecular weight excluding hydrogens is 426 g/mol. The Hall–Kier alpha value is -3.46. The lowest BCUT2D eigenvalue weighted by atomic mass is 10.1. The van der Waals surface area contributed by atoms with Gasteiger partial charge in [-0.3, -0.25) is 14.4 Å². The lowest BCUT2D eigenvalue weighted by molar-refractivity contribution is -0.115. The van der Waals surface area contributed by atoms with E-state index in [0.717, 1.165) is 30.8 Å². The lowest BCUT2D eigenvalue weighted by Crippen LogP contribution is -2.18. The molecule has 0 bridgehead atoms. The first-order chi connectivity index (χ1) is 15.6. The van der Waals surface area contributed by atoms with Crippen LogP contribution < -0.4 is 10.6 Å². The predicted molar refractivity (Wildman–Crippen MR) is 123 cm³/mol. The average Bonchev–Trinajstić information content (AvgIpc) is 3.34. The van der Waals surface area contributed by atoms with E-state index in [9.17, 15) is 19.2 Å². The number of ketones is 1. The number of amides is 2. The van der Waals surface area contributed by atoms with Crippen LogP contribution in [0.2, 0.25) is 0 Å². The number of ether oxygens (including phenoxy) is 2. The van der Waals surface area contributed by atoms with Crippen LogP contribution in [-0.2, 0) is 25.6 Å². The third-order valence-corrected chi connectivity index (χ3v) is 5.43. The molecule has 9 nitrogen and oxygen atoms in total. The minimum Gasteiger partial charge on any atom is -0.454 e. The smallest absolute Gasteiger partial charge is 0.338 e. The van der Waals surface area contributed by atoms with Crippen LogP contribution in [0.3, 0.4) is 0 Å². The maximum atomic E-state index is 12.8. The summed E-state index contributed by atoms with van der Waals surface area (Å²) in [5.41, 5.74) is 3.01. The van der Waals surface area contributed by atoms with Crippen molar-refractivity contribution < 1.29 is 28.7 Å². The number of carbonyl (C=O) groups excluding carboxylic acids is 4. The molecule has 0 aliphatic carbocycles. The summed E-state index contributed by atoms with van der Waals surface area (Å²) < 4.78 is 13.0. The molecule has 1 fully saturated rings. The van der Waals surface area contributed by atoms with Gasteiger partial charge in [0.2, 0.25) is 17.6 Å². The van der Waals surface area contributed by atoms with Crippen LogP contribution in [0.25, 0.3) is 0 Å². The summed E-state index contributed by atoms with van der Waals surface area (Å²) in [4.78, 5) is 48.2. The first kappa shape index (κ1) is 24.2. The standard InChI is InChI=1S/C24H29N3O6/c1-14-8-22(15(2)27(14)12-21-6-5-7-32-21)23(30)13-33-24(31)18-9-19(25-16(3)28)11-20(10-18)26-17(4)29/h8-11,21H,5-7,12-13H2,1-4H3,(H,25,28)(H,26,29). The molecule has 33 heavy (non-hydrogen) atoms. The van der Waals surface area contributed by atoms with Gasteiger partial charge >= 0.3 is 5.97 Å². The van der Waals surface area contributed by atoms with Gasteiger partial charge in [0.1, 0.15) is 0 Å². The zero-order valence-corrected chi connectivity index (χ0v) is 19.3. The highest BCUT2D eigenvalue weighted by Gasteiger charge is 2.22. The summed E-state index contributed by atoms with van der Waals surface area (Å²) in [6.07, 6.45) is 2.18. The number of Topliss-reactive ketones (excluding diaryl/α,β-unsaturated/α-hetero) is 1. The molecule has 3 rings (SSSR count). The molecule has 0 saturated carbocycles. The van der Waals surface area contributed by atoms with E-state index in [1.807, 2.05) is 13.8 Å². The lowest BCUT2D eigenvalue weighted by Gasteiger charge is -2.14. The fraction of sp³-hybridized carbons (Fsp3) is 0.417. The molecule has 1 atom stereocenters. The van der Waals surface area contributed by atoms with Gasteiger partial charge in [0.05, 0.1) is 11.7 Å². The van der Waals surface area contributed by atoms with Crippen molar-refractivity contribution in [2.45, 2.75) is 53.2 Å². The molecule has 1 aliphatic rings. The number of anilines is 2. The molecule has 2 N–H and O–H groups in total. The topological polar surface area (TPSA) is 116 Å².